The zero-order chi connectivity index (χ0) is 25.6. The maximum Gasteiger partial charge on any atom is 0.332 e. The number of aryl methyl sites for hydroxylation is 1. The summed E-state index contributed by atoms with van der Waals surface area (Å²) >= 11 is 6.33. The highest BCUT2D eigenvalue weighted by molar-refractivity contribution is 6.31. The third-order valence-electron chi connectivity index (χ3n) is 7.48. The van der Waals surface area contributed by atoms with E-state index in [1.54, 1.807) is 17.7 Å². The van der Waals surface area contributed by atoms with Gasteiger partial charge < -0.3 is 10.2 Å². The van der Waals surface area contributed by atoms with Crippen LogP contribution in [0, 0.1) is 11.7 Å². The second-order valence-corrected chi connectivity index (χ2v) is 10.3. The first-order valence-electron chi connectivity index (χ1n) is 12.4. The predicted molar refractivity (Wildman–Crippen MR) is 136 cm³/mol. The molecule has 1 atom stereocenters. The molecule has 5 rings (SSSR count). The van der Waals surface area contributed by atoms with Crippen LogP contribution in [0.5, 0.6) is 0 Å². The number of imidazole rings is 1. The van der Waals surface area contributed by atoms with E-state index < -0.39 is 17.1 Å². The predicted octanol–water partition coefficient (Wildman–Crippen LogP) is 2.55. The highest BCUT2D eigenvalue weighted by atomic mass is 35.5. The molecule has 9 nitrogen and oxygen atoms in total. The Kier molecular flexibility index (Phi) is 6.63. The molecule has 11 heteroatoms. The number of benzene rings is 1. The van der Waals surface area contributed by atoms with Gasteiger partial charge in [0, 0.05) is 43.8 Å². The van der Waals surface area contributed by atoms with E-state index in [9.17, 15) is 18.8 Å². The molecule has 1 aromatic carbocycles. The Labute approximate surface area is 212 Å². The van der Waals surface area contributed by atoms with E-state index >= 15 is 0 Å². The molecule has 1 amide bonds. The minimum Gasteiger partial charge on any atom is -0.353 e. The number of halogens is 2. The molecule has 3 aromatic rings. The van der Waals surface area contributed by atoms with Crippen LogP contribution in [0.25, 0.3) is 11.2 Å². The van der Waals surface area contributed by atoms with E-state index in [0.717, 1.165) is 43.1 Å². The van der Waals surface area contributed by atoms with Gasteiger partial charge in [-0.3, -0.25) is 23.3 Å². The molecule has 1 saturated carbocycles. The number of carbonyl (C=O) groups excluding carboxylic acids is 1. The maximum atomic E-state index is 14.8. The van der Waals surface area contributed by atoms with Gasteiger partial charge in [-0.15, -0.1) is 0 Å². The number of hydrogen-bond acceptors (Lipinski definition) is 5. The van der Waals surface area contributed by atoms with E-state index in [-0.39, 0.29) is 46.2 Å². The lowest BCUT2D eigenvalue weighted by Gasteiger charge is -2.33. The third-order valence-corrected chi connectivity index (χ3v) is 7.84. The summed E-state index contributed by atoms with van der Waals surface area (Å²) in [6, 6.07) is 4.67. The van der Waals surface area contributed by atoms with Crippen LogP contribution >= 0.6 is 11.6 Å². The molecule has 2 aromatic heterocycles. The first kappa shape index (κ1) is 24.5. The molecule has 0 radical (unpaired) electrons. The molecular weight excluding hydrogens is 487 g/mol. The normalized spacial score (nSPS) is 18.8. The number of piperidine rings is 1. The lowest BCUT2D eigenvalue weighted by molar-refractivity contribution is -0.125. The number of rotatable bonds is 5. The fourth-order valence-corrected chi connectivity index (χ4v) is 5.65. The van der Waals surface area contributed by atoms with Crippen LogP contribution in [0.4, 0.5) is 10.3 Å². The Bertz CT molecular complexity index is 1420. The average molecular weight is 517 g/mol. The first-order valence-corrected chi connectivity index (χ1v) is 12.8. The van der Waals surface area contributed by atoms with Gasteiger partial charge >= 0.3 is 5.69 Å². The smallest absolute Gasteiger partial charge is 0.332 e. The number of hydrogen-bond donors (Lipinski definition) is 1. The van der Waals surface area contributed by atoms with Crippen LogP contribution in [0.15, 0.2) is 27.8 Å². The Morgan fingerprint density at radius 1 is 1.14 bits per heavy atom. The van der Waals surface area contributed by atoms with Crippen molar-refractivity contribution in [1.82, 2.24) is 24.0 Å². The van der Waals surface area contributed by atoms with Gasteiger partial charge in [0.25, 0.3) is 5.56 Å². The van der Waals surface area contributed by atoms with Crippen LogP contribution in [0.2, 0.25) is 5.02 Å². The van der Waals surface area contributed by atoms with Crippen molar-refractivity contribution in [3.63, 3.8) is 0 Å². The molecule has 3 heterocycles. The van der Waals surface area contributed by atoms with E-state index in [2.05, 4.69) is 5.32 Å². The number of nitrogens with zero attached hydrogens (tertiary/aromatic N) is 5. The summed E-state index contributed by atoms with van der Waals surface area (Å²) in [6.07, 6.45) is 5.82. The molecule has 1 aliphatic heterocycles. The summed E-state index contributed by atoms with van der Waals surface area (Å²) < 4.78 is 18.7. The molecule has 1 aliphatic carbocycles. The number of aromatic nitrogens is 4. The third kappa shape index (κ3) is 4.31. The highest BCUT2D eigenvalue weighted by Gasteiger charge is 2.32. The van der Waals surface area contributed by atoms with E-state index in [1.165, 1.54) is 23.7 Å². The van der Waals surface area contributed by atoms with Gasteiger partial charge in [0.05, 0.1) is 12.5 Å². The monoisotopic (exact) mass is 516 g/mol. The number of amides is 1. The summed E-state index contributed by atoms with van der Waals surface area (Å²) in [6.45, 7) is 0.997. The highest BCUT2D eigenvalue weighted by Crippen LogP contribution is 2.29. The van der Waals surface area contributed by atoms with Crippen molar-refractivity contribution < 1.29 is 9.18 Å². The van der Waals surface area contributed by atoms with Crippen LogP contribution in [0.1, 0.15) is 44.1 Å². The zero-order valence-corrected chi connectivity index (χ0v) is 21.2. The van der Waals surface area contributed by atoms with Crippen LogP contribution in [0.3, 0.4) is 0 Å². The minimum absolute atomic E-state index is 0.0368. The van der Waals surface area contributed by atoms with E-state index in [0.29, 0.717) is 19.0 Å². The van der Waals surface area contributed by atoms with Crippen molar-refractivity contribution in [2.24, 2.45) is 20.0 Å². The van der Waals surface area contributed by atoms with Crippen LogP contribution in [-0.2, 0) is 25.4 Å². The van der Waals surface area contributed by atoms with Crippen molar-refractivity contribution >= 4 is 34.6 Å². The van der Waals surface area contributed by atoms with Gasteiger partial charge in [-0.2, -0.15) is 4.98 Å². The molecule has 1 unspecified atom stereocenters. The zero-order valence-electron chi connectivity index (χ0n) is 20.5. The molecular formula is C25H30ClFN6O3. The summed E-state index contributed by atoms with van der Waals surface area (Å²) in [5, 5.41) is 3.42. The molecule has 1 N–H and O–H groups in total. The van der Waals surface area contributed by atoms with E-state index in [4.69, 9.17) is 16.6 Å². The summed E-state index contributed by atoms with van der Waals surface area (Å²) in [4.78, 5) is 45.5. The van der Waals surface area contributed by atoms with Gasteiger partial charge in [-0.05, 0) is 37.8 Å². The van der Waals surface area contributed by atoms with Gasteiger partial charge in [0.15, 0.2) is 11.2 Å². The molecule has 0 bridgehead atoms. The topological polar surface area (TPSA) is 94.2 Å². The van der Waals surface area contributed by atoms with Gasteiger partial charge in [-0.1, -0.05) is 30.5 Å². The fourth-order valence-electron chi connectivity index (χ4n) is 5.43. The molecule has 2 fully saturated rings. The number of nitrogens with one attached hydrogen (secondary N) is 1. The minimum atomic E-state index is -0.521. The number of fused-ring (bicyclic) bond motifs is 1. The maximum absolute atomic E-state index is 14.8. The van der Waals surface area contributed by atoms with Crippen molar-refractivity contribution in [2.45, 2.75) is 51.1 Å². The Morgan fingerprint density at radius 3 is 2.61 bits per heavy atom. The molecule has 2 aliphatic rings. The van der Waals surface area contributed by atoms with Crippen molar-refractivity contribution in [1.29, 1.82) is 0 Å². The Morgan fingerprint density at radius 2 is 1.89 bits per heavy atom. The first-order chi connectivity index (χ1) is 17.3. The molecule has 1 saturated heterocycles. The molecule has 192 valence electrons. The van der Waals surface area contributed by atoms with Crippen molar-refractivity contribution in [2.75, 3.05) is 18.0 Å². The number of anilines is 1. The lowest BCUT2D eigenvalue weighted by Crippen LogP contribution is -2.46. The Hall–Kier alpha value is -3.14. The van der Waals surface area contributed by atoms with Gasteiger partial charge in [-0.25, -0.2) is 9.18 Å². The van der Waals surface area contributed by atoms with E-state index in [1.807, 2.05) is 4.90 Å². The quantitative estimate of drug-likeness (QED) is 0.562. The van der Waals surface area contributed by atoms with Crippen molar-refractivity contribution in [3.05, 3.63) is 55.4 Å². The summed E-state index contributed by atoms with van der Waals surface area (Å²) in [7, 11) is 2.96. The van der Waals surface area contributed by atoms with Crippen molar-refractivity contribution in [3.8, 4) is 0 Å². The number of carbonyl (C=O) groups is 1. The second kappa shape index (κ2) is 9.72. The van der Waals surface area contributed by atoms with Gasteiger partial charge in [0.1, 0.15) is 5.82 Å². The fraction of sp³-hybridized carbons (Fsp3) is 0.520. The summed E-state index contributed by atoms with van der Waals surface area (Å²) in [5.74, 6) is -0.267. The SMILES string of the molecule is Cn1c(=O)c2c(nc(N3CCCC(C(=O)NC4CCCC4)C3)n2Cc2c(F)cccc2Cl)n(C)c1=O. The molecule has 0 spiro atoms. The van der Waals surface area contributed by atoms with Crippen LogP contribution in [-0.4, -0.2) is 43.7 Å². The second-order valence-electron chi connectivity index (χ2n) is 9.85. The Balaban J connectivity index is 1.58. The lowest BCUT2D eigenvalue weighted by atomic mass is 9.97. The largest absolute Gasteiger partial charge is 0.353 e. The standard InChI is InChI=1S/C25H30ClFN6O3/c1-30-21-20(23(35)31(2)25(30)36)33(14-17-18(26)10-5-11-19(17)27)24(29-21)32-12-6-7-15(13-32)22(34)28-16-8-3-4-9-16/h5,10-11,15-16H,3-4,6-9,12-14H2,1-2H3,(H,28,34). The van der Waals surface area contributed by atoms with Crippen LogP contribution < -0.4 is 21.5 Å². The summed E-state index contributed by atoms with van der Waals surface area (Å²) in [5.41, 5.74) is -0.398. The molecule has 36 heavy (non-hydrogen) atoms. The average Bonchev–Trinajstić information content (AvgIpc) is 3.52. The van der Waals surface area contributed by atoms with Gasteiger partial charge in [0.2, 0.25) is 11.9 Å².